The van der Waals surface area contributed by atoms with Crippen molar-refractivity contribution in [3.8, 4) is 11.8 Å². The minimum absolute atomic E-state index is 0.388. The normalized spacial score (nSPS) is 17.4. The predicted octanol–water partition coefficient (Wildman–Crippen LogP) is 5.26. The van der Waals surface area contributed by atoms with Gasteiger partial charge in [0, 0.05) is 16.5 Å². The van der Waals surface area contributed by atoms with Gasteiger partial charge in [0.25, 0.3) is 0 Å². The number of benzene rings is 3. The van der Waals surface area contributed by atoms with Gasteiger partial charge in [-0.1, -0.05) is 29.8 Å². The molecule has 0 bridgehead atoms. The SMILES string of the molecule is Cc1ccc(-n2c3ccccc3c3cc(C#N)ccc32)cc1B1OC(C)(C)C(C)(C)O1. The van der Waals surface area contributed by atoms with Crippen molar-refractivity contribution in [1.29, 1.82) is 5.26 Å². The predicted molar refractivity (Wildman–Crippen MR) is 126 cm³/mol. The van der Waals surface area contributed by atoms with Gasteiger partial charge < -0.3 is 13.9 Å². The zero-order valence-corrected chi connectivity index (χ0v) is 18.6. The third kappa shape index (κ3) is 2.98. The Morgan fingerprint density at radius 1 is 0.839 bits per heavy atom. The number of hydrogen-bond acceptors (Lipinski definition) is 3. The molecule has 0 unspecified atom stereocenters. The molecule has 1 aliphatic rings. The molecule has 4 nitrogen and oxygen atoms in total. The van der Waals surface area contributed by atoms with Crippen molar-refractivity contribution in [3.63, 3.8) is 0 Å². The van der Waals surface area contributed by atoms with Crippen LogP contribution in [0, 0.1) is 18.3 Å². The van der Waals surface area contributed by atoms with Gasteiger partial charge in [-0.25, -0.2) is 0 Å². The van der Waals surface area contributed by atoms with Crippen LogP contribution in [-0.4, -0.2) is 22.9 Å². The fraction of sp³-hybridized carbons (Fsp3) is 0.269. The van der Waals surface area contributed by atoms with Gasteiger partial charge in [-0.15, -0.1) is 0 Å². The van der Waals surface area contributed by atoms with Crippen molar-refractivity contribution in [2.24, 2.45) is 0 Å². The molecule has 0 spiro atoms. The van der Waals surface area contributed by atoms with Crippen LogP contribution in [0.5, 0.6) is 0 Å². The van der Waals surface area contributed by atoms with E-state index in [0.29, 0.717) is 5.56 Å². The van der Waals surface area contributed by atoms with Gasteiger partial charge in [-0.2, -0.15) is 5.26 Å². The zero-order valence-electron chi connectivity index (χ0n) is 18.6. The topological polar surface area (TPSA) is 47.2 Å². The highest BCUT2D eigenvalue weighted by Gasteiger charge is 2.52. The number of rotatable bonds is 2. The van der Waals surface area contributed by atoms with Crippen LogP contribution in [-0.2, 0) is 9.31 Å². The van der Waals surface area contributed by atoms with Gasteiger partial charge in [0.1, 0.15) is 0 Å². The summed E-state index contributed by atoms with van der Waals surface area (Å²) in [5, 5.41) is 11.6. The van der Waals surface area contributed by atoms with Crippen molar-refractivity contribution in [3.05, 3.63) is 71.8 Å². The lowest BCUT2D eigenvalue weighted by molar-refractivity contribution is 0.00578. The molecule has 0 amide bonds. The Morgan fingerprint density at radius 2 is 1.52 bits per heavy atom. The van der Waals surface area contributed by atoms with Crippen molar-refractivity contribution in [2.75, 3.05) is 0 Å². The summed E-state index contributed by atoms with van der Waals surface area (Å²) in [6.07, 6.45) is 0. The van der Waals surface area contributed by atoms with E-state index in [9.17, 15) is 5.26 Å². The van der Waals surface area contributed by atoms with Crippen LogP contribution in [0.1, 0.15) is 38.8 Å². The molecule has 5 rings (SSSR count). The smallest absolute Gasteiger partial charge is 0.399 e. The lowest BCUT2D eigenvalue weighted by Gasteiger charge is -2.32. The first-order valence-corrected chi connectivity index (χ1v) is 10.6. The summed E-state index contributed by atoms with van der Waals surface area (Å²) < 4.78 is 14.9. The standard InChI is InChI=1S/C26H25BN2O2/c1-17-10-12-19(15-22(17)27-30-25(2,3)26(4,5)31-27)29-23-9-7-6-8-20(23)21-14-18(16-28)11-13-24(21)29/h6-15H,1-5H3. The molecule has 0 N–H and O–H groups in total. The first-order valence-electron chi connectivity index (χ1n) is 10.6. The molecule has 3 aromatic carbocycles. The van der Waals surface area contributed by atoms with Crippen molar-refractivity contribution in [1.82, 2.24) is 4.57 Å². The Balaban J connectivity index is 1.72. The molecule has 0 saturated carbocycles. The summed E-state index contributed by atoms with van der Waals surface area (Å²) >= 11 is 0. The van der Waals surface area contributed by atoms with E-state index < -0.39 is 7.12 Å². The Labute approximate surface area is 183 Å². The van der Waals surface area contributed by atoms with E-state index in [0.717, 1.165) is 38.5 Å². The molecular formula is C26H25BN2O2. The third-order valence-electron chi connectivity index (χ3n) is 6.83. The van der Waals surface area contributed by atoms with Crippen LogP contribution in [0.2, 0.25) is 0 Å². The van der Waals surface area contributed by atoms with Crippen LogP contribution >= 0.6 is 0 Å². The minimum Gasteiger partial charge on any atom is -0.399 e. The number of nitriles is 1. The maximum atomic E-state index is 9.38. The van der Waals surface area contributed by atoms with Gasteiger partial charge in [-0.3, -0.25) is 0 Å². The molecule has 154 valence electrons. The molecule has 1 aliphatic heterocycles. The molecule has 31 heavy (non-hydrogen) atoms. The highest BCUT2D eigenvalue weighted by Crippen LogP contribution is 2.37. The van der Waals surface area contributed by atoms with E-state index in [1.165, 1.54) is 0 Å². The third-order valence-corrected chi connectivity index (χ3v) is 6.83. The second-order valence-corrected chi connectivity index (χ2v) is 9.33. The summed E-state index contributed by atoms with van der Waals surface area (Å²) in [5.41, 5.74) is 5.29. The quantitative estimate of drug-likeness (QED) is 0.425. The summed E-state index contributed by atoms with van der Waals surface area (Å²) in [6, 6.07) is 22.9. The highest BCUT2D eigenvalue weighted by atomic mass is 16.7. The zero-order chi connectivity index (χ0) is 22.0. The number of aryl methyl sites for hydroxylation is 1. The van der Waals surface area contributed by atoms with Gasteiger partial charge in [-0.05, 0) is 76.5 Å². The number of para-hydroxylation sites is 1. The molecule has 1 fully saturated rings. The summed E-state index contributed by atoms with van der Waals surface area (Å²) in [7, 11) is -0.414. The van der Waals surface area contributed by atoms with Crippen LogP contribution in [0.3, 0.4) is 0 Å². The Morgan fingerprint density at radius 3 is 2.23 bits per heavy atom. The molecule has 4 aromatic rings. The van der Waals surface area contributed by atoms with E-state index in [2.05, 4.69) is 75.6 Å². The van der Waals surface area contributed by atoms with Gasteiger partial charge in [0.05, 0.1) is 33.9 Å². The lowest BCUT2D eigenvalue weighted by Crippen LogP contribution is -2.41. The number of hydrogen-bond donors (Lipinski definition) is 0. The fourth-order valence-corrected chi connectivity index (χ4v) is 4.31. The maximum absolute atomic E-state index is 9.38. The van der Waals surface area contributed by atoms with Crippen LogP contribution in [0.15, 0.2) is 60.7 Å². The van der Waals surface area contributed by atoms with Gasteiger partial charge >= 0.3 is 7.12 Å². The lowest BCUT2D eigenvalue weighted by atomic mass is 9.76. The Hall–Kier alpha value is -3.07. The average molecular weight is 408 g/mol. The van der Waals surface area contributed by atoms with Crippen LogP contribution in [0.4, 0.5) is 0 Å². The number of fused-ring (bicyclic) bond motifs is 3. The average Bonchev–Trinajstić information content (AvgIpc) is 3.18. The van der Waals surface area contributed by atoms with E-state index >= 15 is 0 Å². The molecule has 0 radical (unpaired) electrons. The summed E-state index contributed by atoms with van der Waals surface area (Å²) in [4.78, 5) is 0. The number of nitrogens with zero attached hydrogens (tertiary/aromatic N) is 2. The van der Waals surface area contributed by atoms with Crippen LogP contribution in [0.25, 0.3) is 27.5 Å². The van der Waals surface area contributed by atoms with E-state index in [4.69, 9.17) is 9.31 Å². The van der Waals surface area contributed by atoms with Gasteiger partial charge in [0.2, 0.25) is 0 Å². The van der Waals surface area contributed by atoms with E-state index in [-0.39, 0.29) is 11.2 Å². The first kappa shape index (κ1) is 19.9. The fourth-order valence-electron chi connectivity index (χ4n) is 4.31. The van der Waals surface area contributed by atoms with Gasteiger partial charge in [0.15, 0.2) is 0 Å². The van der Waals surface area contributed by atoms with E-state index in [1.54, 1.807) is 0 Å². The monoisotopic (exact) mass is 408 g/mol. The van der Waals surface area contributed by atoms with E-state index in [1.807, 2.05) is 30.3 Å². The molecule has 2 heterocycles. The molecule has 1 saturated heterocycles. The second kappa shape index (κ2) is 6.72. The van der Waals surface area contributed by atoms with Crippen molar-refractivity contribution < 1.29 is 9.31 Å². The Bertz CT molecular complexity index is 1360. The molecule has 5 heteroatoms. The highest BCUT2D eigenvalue weighted by molar-refractivity contribution is 6.62. The summed E-state index contributed by atoms with van der Waals surface area (Å²) in [5.74, 6) is 0. The molecular weight excluding hydrogens is 383 g/mol. The second-order valence-electron chi connectivity index (χ2n) is 9.33. The maximum Gasteiger partial charge on any atom is 0.495 e. The van der Waals surface area contributed by atoms with Crippen molar-refractivity contribution >= 4 is 34.4 Å². The molecule has 0 aliphatic carbocycles. The minimum atomic E-state index is -0.414. The first-order chi connectivity index (χ1) is 14.7. The number of aromatic nitrogens is 1. The van der Waals surface area contributed by atoms with Crippen molar-refractivity contribution in [2.45, 2.75) is 45.8 Å². The molecule has 1 aromatic heterocycles. The molecule has 0 atom stereocenters. The Kier molecular flexibility index (Phi) is 4.31. The summed E-state index contributed by atoms with van der Waals surface area (Å²) in [6.45, 7) is 10.4. The largest absolute Gasteiger partial charge is 0.495 e. The van der Waals surface area contributed by atoms with Crippen LogP contribution < -0.4 is 5.46 Å².